The lowest BCUT2D eigenvalue weighted by Crippen LogP contribution is -2.54. The Labute approximate surface area is 101 Å². The second-order valence-electron chi connectivity index (χ2n) is 4.72. The number of cyclic esters (lactones) is 1. The molecule has 0 radical (unpaired) electrons. The van der Waals surface area contributed by atoms with Gasteiger partial charge >= 0.3 is 5.97 Å². The number of hydrogen-bond donors (Lipinski definition) is 0. The normalized spacial score (nSPS) is 39.6. The number of fused-ring (bicyclic) bond motifs is 1. The van der Waals surface area contributed by atoms with Crippen LogP contribution >= 0.6 is 0 Å². The van der Waals surface area contributed by atoms with Crippen molar-refractivity contribution in [2.75, 3.05) is 7.11 Å². The van der Waals surface area contributed by atoms with Crippen molar-refractivity contribution in [2.24, 2.45) is 0 Å². The minimum atomic E-state index is -0.784. The predicted molar refractivity (Wildman–Crippen MR) is 59.3 cm³/mol. The average molecular weight is 242 g/mol. The molecule has 96 valence electrons. The first kappa shape index (κ1) is 12.5. The monoisotopic (exact) mass is 242 g/mol. The third kappa shape index (κ3) is 2.22. The molecule has 0 N–H and O–H groups in total. The van der Waals surface area contributed by atoms with Crippen LogP contribution in [0.4, 0.5) is 0 Å². The molecule has 2 rings (SSSR count). The highest BCUT2D eigenvalue weighted by atomic mass is 16.8. The van der Waals surface area contributed by atoms with Gasteiger partial charge in [0.25, 0.3) is 0 Å². The molecule has 5 heteroatoms. The lowest BCUT2D eigenvalue weighted by Gasteiger charge is -2.35. The van der Waals surface area contributed by atoms with E-state index in [1.165, 1.54) is 0 Å². The van der Waals surface area contributed by atoms with Gasteiger partial charge in [-0.15, -0.1) is 6.58 Å². The van der Waals surface area contributed by atoms with E-state index in [0.29, 0.717) is 6.42 Å². The van der Waals surface area contributed by atoms with Crippen molar-refractivity contribution in [1.82, 2.24) is 0 Å². The summed E-state index contributed by atoms with van der Waals surface area (Å²) < 4.78 is 21.9. The molecule has 2 saturated heterocycles. The van der Waals surface area contributed by atoms with E-state index in [2.05, 4.69) is 6.58 Å². The standard InChI is InChI=1S/C12H18O5/c1-5-6-7-8(14-4)9-10(11(13)15-7)17-12(2,3)16-9/h5,7-10H,1,6H2,2-4H3/t7-,8-,9+,10+/m0/s1. The molecule has 0 bridgehead atoms. The van der Waals surface area contributed by atoms with Crippen molar-refractivity contribution >= 4 is 5.97 Å². The Morgan fingerprint density at radius 1 is 1.47 bits per heavy atom. The summed E-state index contributed by atoms with van der Waals surface area (Å²) in [5.74, 6) is -1.17. The summed E-state index contributed by atoms with van der Waals surface area (Å²) in [6, 6.07) is 0. The lowest BCUT2D eigenvalue weighted by molar-refractivity contribution is -0.189. The highest BCUT2D eigenvalue weighted by molar-refractivity contribution is 5.77. The molecule has 0 amide bonds. The molecule has 0 aromatic heterocycles. The van der Waals surface area contributed by atoms with Crippen LogP contribution in [0.2, 0.25) is 0 Å². The predicted octanol–water partition coefficient (Wildman–Crippen LogP) is 1.02. The van der Waals surface area contributed by atoms with E-state index in [-0.39, 0.29) is 18.2 Å². The maximum atomic E-state index is 11.8. The summed E-state index contributed by atoms with van der Waals surface area (Å²) >= 11 is 0. The fourth-order valence-corrected chi connectivity index (χ4v) is 2.34. The van der Waals surface area contributed by atoms with Crippen molar-refractivity contribution in [3.05, 3.63) is 12.7 Å². The van der Waals surface area contributed by atoms with Gasteiger partial charge in [0.2, 0.25) is 0 Å². The van der Waals surface area contributed by atoms with E-state index in [0.717, 1.165) is 0 Å². The number of carbonyl (C=O) groups is 1. The van der Waals surface area contributed by atoms with Crippen LogP contribution in [0.5, 0.6) is 0 Å². The van der Waals surface area contributed by atoms with E-state index in [9.17, 15) is 4.79 Å². The van der Waals surface area contributed by atoms with Gasteiger partial charge in [-0.3, -0.25) is 0 Å². The Balaban J connectivity index is 2.21. The minimum absolute atomic E-state index is 0.322. The van der Waals surface area contributed by atoms with Gasteiger partial charge in [0, 0.05) is 13.5 Å². The highest BCUT2D eigenvalue weighted by Gasteiger charge is 2.55. The zero-order chi connectivity index (χ0) is 12.6. The van der Waals surface area contributed by atoms with Crippen LogP contribution in [0.25, 0.3) is 0 Å². The first-order chi connectivity index (χ1) is 7.98. The van der Waals surface area contributed by atoms with Gasteiger partial charge < -0.3 is 18.9 Å². The maximum absolute atomic E-state index is 11.8. The fraction of sp³-hybridized carbons (Fsp3) is 0.750. The number of hydrogen-bond acceptors (Lipinski definition) is 5. The molecular weight excluding hydrogens is 224 g/mol. The van der Waals surface area contributed by atoms with Crippen molar-refractivity contribution < 1.29 is 23.7 Å². The van der Waals surface area contributed by atoms with E-state index < -0.39 is 18.0 Å². The van der Waals surface area contributed by atoms with Crippen molar-refractivity contribution in [3.63, 3.8) is 0 Å². The maximum Gasteiger partial charge on any atom is 0.338 e. The van der Waals surface area contributed by atoms with Crippen LogP contribution in [0.3, 0.4) is 0 Å². The second-order valence-corrected chi connectivity index (χ2v) is 4.72. The molecule has 2 heterocycles. The molecule has 2 aliphatic heterocycles. The second kappa shape index (κ2) is 4.40. The Morgan fingerprint density at radius 2 is 2.18 bits per heavy atom. The molecule has 0 aromatic rings. The molecule has 2 fully saturated rings. The average Bonchev–Trinajstić information content (AvgIpc) is 2.55. The van der Waals surface area contributed by atoms with E-state index in [1.54, 1.807) is 27.0 Å². The van der Waals surface area contributed by atoms with Gasteiger partial charge in [-0.05, 0) is 13.8 Å². The number of ether oxygens (including phenoxy) is 4. The lowest BCUT2D eigenvalue weighted by atomic mass is 9.97. The molecule has 0 aliphatic carbocycles. The molecule has 4 atom stereocenters. The summed E-state index contributed by atoms with van der Waals surface area (Å²) in [4.78, 5) is 11.8. The third-order valence-electron chi connectivity index (χ3n) is 2.99. The highest BCUT2D eigenvalue weighted by Crippen LogP contribution is 2.36. The number of carbonyl (C=O) groups excluding carboxylic acids is 1. The van der Waals surface area contributed by atoms with E-state index in [1.807, 2.05) is 0 Å². The smallest absolute Gasteiger partial charge is 0.338 e. The summed E-state index contributed by atoms with van der Waals surface area (Å²) in [6.45, 7) is 7.19. The SMILES string of the molecule is C=CC[C@@H]1OC(=O)[C@@H]2OC(C)(C)O[C@@H]2[C@H]1OC. The van der Waals surface area contributed by atoms with E-state index >= 15 is 0 Å². The number of methoxy groups -OCH3 is 1. The topological polar surface area (TPSA) is 54.0 Å². The van der Waals surface area contributed by atoms with Crippen LogP contribution in [0.15, 0.2) is 12.7 Å². The summed E-state index contributed by atoms with van der Waals surface area (Å²) in [5.41, 5.74) is 0. The molecule has 5 nitrogen and oxygen atoms in total. The number of esters is 1. The first-order valence-corrected chi connectivity index (χ1v) is 5.68. The van der Waals surface area contributed by atoms with Gasteiger partial charge in [-0.2, -0.15) is 0 Å². The largest absolute Gasteiger partial charge is 0.457 e. The van der Waals surface area contributed by atoms with Gasteiger partial charge in [0.1, 0.15) is 18.3 Å². The minimum Gasteiger partial charge on any atom is -0.457 e. The summed E-state index contributed by atoms with van der Waals surface area (Å²) in [7, 11) is 1.58. The van der Waals surface area contributed by atoms with Crippen LogP contribution in [0, 0.1) is 0 Å². The van der Waals surface area contributed by atoms with Crippen LogP contribution < -0.4 is 0 Å². The van der Waals surface area contributed by atoms with Crippen molar-refractivity contribution in [3.8, 4) is 0 Å². The van der Waals surface area contributed by atoms with Crippen LogP contribution in [-0.4, -0.2) is 43.3 Å². The Hall–Kier alpha value is -0.910. The van der Waals surface area contributed by atoms with Gasteiger partial charge in [0.05, 0.1) is 0 Å². The molecule has 0 saturated carbocycles. The zero-order valence-corrected chi connectivity index (χ0v) is 10.3. The fourth-order valence-electron chi connectivity index (χ4n) is 2.34. The first-order valence-electron chi connectivity index (χ1n) is 5.68. The quantitative estimate of drug-likeness (QED) is 0.546. The van der Waals surface area contributed by atoms with Crippen molar-refractivity contribution in [2.45, 2.75) is 50.5 Å². The molecular formula is C12H18O5. The molecule has 0 spiro atoms. The van der Waals surface area contributed by atoms with Crippen molar-refractivity contribution in [1.29, 1.82) is 0 Å². The molecule has 0 unspecified atom stereocenters. The van der Waals surface area contributed by atoms with Gasteiger partial charge in [-0.25, -0.2) is 4.79 Å². The molecule has 2 aliphatic rings. The summed E-state index contributed by atoms with van der Waals surface area (Å²) in [6.07, 6.45) is 0.445. The summed E-state index contributed by atoms with van der Waals surface area (Å²) in [5, 5.41) is 0. The Morgan fingerprint density at radius 3 is 2.76 bits per heavy atom. The van der Waals surface area contributed by atoms with E-state index in [4.69, 9.17) is 18.9 Å². The molecule has 17 heavy (non-hydrogen) atoms. The number of rotatable bonds is 3. The van der Waals surface area contributed by atoms with Crippen LogP contribution in [0.1, 0.15) is 20.3 Å². The molecule has 0 aromatic carbocycles. The Kier molecular flexibility index (Phi) is 3.25. The van der Waals surface area contributed by atoms with Gasteiger partial charge in [0.15, 0.2) is 11.9 Å². The van der Waals surface area contributed by atoms with Crippen LogP contribution in [-0.2, 0) is 23.7 Å². The third-order valence-corrected chi connectivity index (χ3v) is 2.99. The zero-order valence-electron chi connectivity index (χ0n) is 10.3. The van der Waals surface area contributed by atoms with Gasteiger partial charge in [-0.1, -0.05) is 6.08 Å². The Bertz CT molecular complexity index is 325.